The molecule has 124 valence electrons. The summed E-state index contributed by atoms with van der Waals surface area (Å²) in [6, 6.07) is 0. The van der Waals surface area contributed by atoms with E-state index < -0.39 is 0 Å². The average Bonchev–Trinajstić information content (AvgIpc) is 3.13. The quantitative estimate of drug-likeness (QED) is 0.883. The van der Waals surface area contributed by atoms with E-state index in [4.69, 9.17) is 4.74 Å². The highest BCUT2D eigenvalue weighted by Crippen LogP contribution is 2.24. The molecule has 0 radical (unpaired) electrons. The summed E-state index contributed by atoms with van der Waals surface area (Å²) in [4.78, 5) is 11.7. The van der Waals surface area contributed by atoms with Gasteiger partial charge < -0.3 is 9.64 Å². The number of H-pyrrole nitrogens is 1. The SMILES string of the molecule is COCCN1CC[C@@H](Cc2cnc(-c3c(C)n[nH]c3C)cn2)C1. The molecule has 2 aromatic heterocycles. The van der Waals surface area contributed by atoms with Crippen LogP contribution >= 0.6 is 0 Å². The summed E-state index contributed by atoms with van der Waals surface area (Å²) in [7, 11) is 1.76. The Bertz CT molecular complexity index is 617. The number of likely N-dealkylation sites (tertiary alicyclic amines) is 1. The van der Waals surface area contributed by atoms with Crippen LogP contribution in [0.4, 0.5) is 0 Å². The number of aromatic amines is 1. The Hall–Kier alpha value is -1.79. The van der Waals surface area contributed by atoms with Gasteiger partial charge in [0.25, 0.3) is 0 Å². The van der Waals surface area contributed by atoms with Gasteiger partial charge in [-0.1, -0.05) is 0 Å². The summed E-state index contributed by atoms with van der Waals surface area (Å²) < 4.78 is 5.15. The Morgan fingerprint density at radius 1 is 1.30 bits per heavy atom. The fraction of sp³-hybridized carbons (Fsp3) is 0.588. The van der Waals surface area contributed by atoms with Crippen LogP contribution < -0.4 is 0 Å². The zero-order valence-electron chi connectivity index (χ0n) is 14.2. The average molecular weight is 315 g/mol. The fourth-order valence-electron chi connectivity index (χ4n) is 3.32. The minimum Gasteiger partial charge on any atom is -0.383 e. The van der Waals surface area contributed by atoms with E-state index in [0.29, 0.717) is 5.92 Å². The van der Waals surface area contributed by atoms with Crippen LogP contribution in [0.25, 0.3) is 11.3 Å². The van der Waals surface area contributed by atoms with E-state index in [0.717, 1.165) is 61.0 Å². The molecule has 0 aliphatic carbocycles. The molecule has 6 nitrogen and oxygen atoms in total. The van der Waals surface area contributed by atoms with Crippen molar-refractivity contribution in [3.63, 3.8) is 0 Å². The minimum absolute atomic E-state index is 0.671. The lowest BCUT2D eigenvalue weighted by molar-refractivity contribution is 0.159. The number of aryl methyl sites for hydroxylation is 2. The van der Waals surface area contributed by atoms with Crippen LogP contribution in [0.3, 0.4) is 0 Å². The highest BCUT2D eigenvalue weighted by Gasteiger charge is 2.22. The first kappa shape index (κ1) is 16.1. The Morgan fingerprint density at radius 3 is 2.83 bits per heavy atom. The van der Waals surface area contributed by atoms with Gasteiger partial charge >= 0.3 is 0 Å². The van der Waals surface area contributed by atoms with Crippen molar-refractivity contribution in [2.75, 3.05) is 33.4 Å². The van der Waals surface area contributed by atoms with Gasteiger partial charge in [0.2, 0.25) is 0 Å². The molecule has 2 aromatic rings. The molecule has 1 fully saturated rings. The second-order valence-electron chi connectivity index (χ2n) is 6.35. The number of hydrogen-bond donors (Lipinski definition) is 1. The van der Waals surface area contributed by atoms with E-state index in [-0.39, 0.29) is 0 Å². The van der Waals surface area contributed by atoms with Crippen molar-refractivity contribution in [2.45, 2.75) is 26.7 Å². The number of methoxy groups -OCH3 is 1. The molecule has 1 aliphatic rings. The molecule has 1 atom stereocenters. The molecule has 1 N–H and O–H groups in total. The van der Waals surface area contributed by atoms with Gasteiger partial charge in [0.1, 0.15) is 0 Å². The largest absolute Gasteiger partial charge is 0.383 e. The van der Waals surface area contributed by atoms with E-state index in [1.807, 2.05) is 26.2 Å². The number of aromatic nitrogens is 4. The Morgan fingerprint density at radius 2 is 2.17 bits per heavy atom. The van der Waals surface area contributed by atoms with Crippen LogP contribution in [0.15, 0.2) is 12.4 Å². The Labute approximate surface area is 137 Å². The van der Waals surface area contributed by atoms with E-state index in [2.05, 4.69) is 25.1 Å². The van der Waals surface area contributed by atoms with Crippen molar-refractivity contribution in [3.05, 3.63) is 29.5 Å². The summed E-state index contributed by atoms with van der Waals surface area (Å²) in [6.07, 6.45) is 6.02. The molecule has 3 rings (SSSR count). The smallest absolute Gasteiger partial charge is 0.0922 e. The molecule has 1 saturated heterocycles. The Balaban J connectivity index is 1.60. The van der Waals surface area contributed by atoms with Crippen LogP contribution in [0, 0.1) is 19.8 Å². The van der Waals surface area contributed by atoms with Gasteiger partial charge in [0, 0.05) is 37.7 Å². The molecule has 0 saturated carbocycles. The predicted molar refractivity (Wildman–Crippen MR) is 89.2 cm³/mol. The second kappa shape index (κ2) is 7.19. The van der Waals surface area contributed by atoms with Gasteiger partial charge in [-0.25, -0.2) is 0 Å². The van der Waals surface area contributed by atoms with Crippen LogP contribution in [-0.4, -0.2) is 58.4 Å². The molecular weight excluding hydrogens is 290 g/mol. The van der Waals surface area contributed by atoms with E-state index in [1.165, 1.54) is 6.42 Å². The van der Waals surface area contributed by atoms with Crippen LogP contribution in [0.5, 0.6) is 0 Å². The number of rotatable bonds is 6. The number of ether oxygens (including phenoxy) is 1. The van der Waals surface area contributed by atoms with Crippen molar-refractivity contribution in [1.82, 2.24) is 25.1 Å². The maximum absolute atomic E-state index is 5.15. The maximum atomic E-state index is 5.15. The van der Waals surface area contributed by atoms with E-state index in [1.54, 1.807) is 7.11 Å². The molecule has 6 heteroatoms. The first-order valence-electron chi connectivity index (χ1n) is 8.21. The van der Waals surface area contributed by atoms with Crippen molar-refractivity contribution in [3.8, 4) is 11.3 Å². The van der Waals surface area contributed by atoms with Gasteiger partial charge in [0.05, 0.1) is 29.9 Å². The summed E-state index contributed by atoms with van der Waals surface area (Å²) in [5.74, 6) is 0.671. The van der Waals surface area contributed by atoms with Crippen LogP contribution in [0.2, 0.25) is 0 Å². The number of hydrogen-bond acceptors (Lipinski definition) is 5. The van der Waals surface area contributed by atoms with E-state index in [9.17, 15) is 0 Å². The third-order valence-corrected chi connectivity index (χ3v) is 4.57. The predicted octanol–water partition coefficient (Wildman–Crippen LogP) is 1.99. The molecule has 1 aliphatic heterocycles. The standard InChI is InChI=1S/C17H25N5O/c1-12-17(13(2)21-20-12)16-10-18-15(9-19-16)8-14-4-5-22(11-14)6-7-23-3/h9-10,14H,4-8,11H2,1-3H3,(H,20,21)/t14-/m0/s1. The summed E-state index contributed by atoms with van der Waals surface area (Å²) in [5, 5.41) is 7.22. The topological polar surface area (TPSA) is 66.9 Å². The van der Waals surface area contributed by atoms with Crippen LogP contribution in [0.1, 0.15) is 23.5 Å². The van der Waals surface area contributed by atoms with E-state index >= 15 is 0 Å². The normalized spacial score (nSPS) is 18.7. The lowest BCUT2D eigenvalue weighted by Crippen LogP contribution is -2.25. The highest BCUT2D eigenvalue weighted by molar-refractivity contribution is 5.63. The summed E-state index contributed by atoms with van der Waals surface area (Å²) in [5.41, 5.74) is 5.04. The zero-order valence-corrected chi connectivity index (χ0v) is 14.2. The summed E-state index contributed by atoms with van der Waals surface area (Å²) in [6.45, 7) is 8.13. The maximum Gasteiger partial charge on any atom is 0.0922 e. The fourth-order valence-corrected chi connectivity index (χ4v) is 3.32. The van der Waals surface area contributed by atoms with Crippen LogP contribution in [-0.2, 0) is 11.2 Å². The molecule has 23 heavy (non-hydrogen) atoms. The molecule has 3 heterocycles. The summed E-state index contributed by atoms with van der Waals surface area (Å²) >= 11 is 0. The zero-order chi connectivity index (χ0) is 16.2. The molecular formula is C17H25N5O. The molecule has 0 spiro atoms. The molecule has 0 amide bonds. The van der Waals surface area contributed by atoms with Gasteiger partial charge in [-0.2, -0.15) is 5.10 Å². The van der Waals surface area contributed by atoms with Gasteiger partial charge in [-0.05, 0) is 39.2 Å². The third kappa shape index (κ3) is 3.76. The van der Waals surface area contributed by atoms with Crippen molar-refractivity contribution < 1.29 is 4.74 Å². The third-order valence-electron chi connectivity index (χ3n) is 4.57. The highest BCUT2D eigenvalue weighted by atomic mass is 16.5. The molecule has 0 unspecified atom stereocenters. The second-order valence-corrected chi connectivity index (χ2v) is 6.35. The van der Waals surface area contributed by atoms with Crippen molar-refractivity contribution in [1.29, 1.82) is 0 Å². The first-order valence-corrected chi connectivity index (χ1v) is 8.21. The molecule has 0 bridgehead atoms. The number of nitrogens with one attached hydrogen (secondary N) is 1. The van der Waals surface area contributed by atoms with Crippen molar-refractivity contribution in [2.24, 2.45) is 5.92 Å². The van der Waals surface area contributed by atoms with Crippen molar-refractivity contribution >= 4 is 0 Å². The lowest BCUT2D eigenvalue weighted by Gasteiger charge is -2.15. The van der Waals surface area contributed by atoms with Gasteiger partial charge in [0.15, 0.2) is 0 Å². The molecule has 0 aromatic carbocycles. The van der Waals surface area contributed by atoms with Gasteiger partial charge in [-0.3, -0.25) is 15.1 Å². The lowest BCUT2D eigenvalue weighted by atomic mass is 10.0. The van der Waals surface area contributed by atoms with Gasteiger partial charge in [-0.15, -0.1) is 0 Å². The monoisotopic (exact) mass is 315 g/mol. The Kier molecular flexibility index (Phi) is 5.03. The number of nitrogens with zero attached hydrogens (tertiary/aromatic N) is 4. The first-order chi connectivity index (χ1) is 11.2. The minimum atomic E-state index is 0.671.